The van der Waals surface area contributed by atoms with E-state index in [-0.39, 0.29) is 11.7 Å². The summed E-state index contributed by atoms with van der Waals surface area (Å²) >= 11 is 0. The Morgan fingerprint density at radius 3 is 2.88 bits per heavy atom. The van der Waals surface area contributed by atoms with Gasteiger partial charge in [-0.25, -0.2) is 0 Å². The lowest BCUT2D eigenvalue weighted by atomic mass is 10.1. The van der Waals surface area contributed by atoms with Gasteiger partial charge in [-0.15, -0.1) is 0 Å². The van der Waals surface area contributed by atoms with Crippen molar-refractivity contribution >= 4 is 22.4 Å². The van der Waals surface area contributed by atoms with Gasteiger partial charge in [-0.05, 0) is 29.7 Å². The van der Waals surface area contributed by atoms with Gasteiger partial charge >= 0.3 is 0 Å². The Balaban J connectivity index is 2.41. The van der Waals surface area contributed by atoms with Crippen molar-refractivity contribution in [2.45, 2.75) is 13.3 Å². The molecule has 2 N–H and O–H groups in total. The zero-order valence-corrected chi connectivity index (χ0v) is 9.03. The predicted octanol–water partition coefficient (Wildman–Crippen LogP) is 2.89. The molecule has 82 valence electrons. The molecule has 0 saturated carbocycles. The molecule has 0 radical (unpaired) electrons. The van der Waals surface area contributed by atoms with Gasteiger partial charge in [0.15, 0.2) is 0 Å². The molecule has 3 heteroatoms. The molecule has 0 bridgehead atoms. The van der Waals surface area contributed by atoms with Crippen LogP contribution in [0.15, 0.2) is 36.4 Å². The van der Waals surface area contributed by atoms with Crippen LogP contribution in [0.3, 0.4) is 0 Å². The van der Waals surface area contributed by atoms with Crippen LogP contribution in [-0.2, 0) is 4.79 Å². The zero-order valence-electron chi connectivity index (χ0n) is 9.03. The molecule has 0 heterocycles. The van der Waals surface area contributed by atoms with Crippen molar-refractivity contribution in [1.82, 2.24) is 0 Å². The summed E-state index contributed by atoms with van der Waals surface area (Å²) in [5.41, 5.74) is 0.755. The number of phenols is 1. The molecular weight excluding hydrogens is 202 g/mol. The molecule has 0 atom stereocenters. The lowest BCUT2D eigenvalue weighted by molar-refractivity contribution is -0.115. The van der Waals surface area contributed by atoms with Gasteiger partial charge in [-0.1, -0.05) is 19.1 Å². The topological polar surface area (TPSA) is 49.3 Å². The fourth-order valence-electron chi connectivity index (χ4n) is 1.59. The Labute approximate surface area is 93.7 Å². The lowest BCUT2D eigenvalue weighted by Crippen LogP contribution is -2.09. The average Bonchev–Trinajstić information content (AvgIpc) is 2.29. The summed E-state index contributed by atoms with van der Waals surface area (Å²) in [6.07, 6.45) is 0.456. The smallest absolute Gasteiger partial charge is 0.224 e. The maximum absolute atomic E-state index is 11.2. The molecule has 16 heavy (non-hydrogen) atoms. The summed E-state index contributed by atoms with van der Waals surface area (Å²) in [7, 11) is 0. The number of anilines is 1. The molecule has 0 aliphatic carbocycles. The first-order chi connectivity index (χ1) is 7.70. The van der Waals surface area contributed by atoms with E-state index in [0.717, 1.165) is 16.5 Å². The number of phenolic OH excluding ortho intramolecular Hbond substituents is 1. The van der Waals surface area contributed by atoms with Crippen LogP contribution in [0, 0.1) is 0 Å². The number of aromatic hydroxyl groups is 1. The molecule has 1 amide bonds. The summed E-state index contributed by atoms with van der Waals surface area (Å²) in [5.74, 6) is 0.241. The van der Waals surface area contributed by atoms with Crippen LogP contribution >= 0.6 is 0 Å². The Kier molecular flexibility index (Phi) is 2.77. The molecule has 0 aliphatic rings. The van der Waals surface area contributed by atoms with Gasteiger partial charge in [0, 0.05) is 17.5 Å². The highest BCUT2D eigenvalue weighted by Crippen LogP contribution is 2.26. The van der Waals surface area contributed by atoms with Crippen molar-refractivity contribution in [3.05, 3.63) is 36.4 Å². The molecular formula is C13H13NO2. The third-order valence-electron chi connectivity index (χ3n) is 2.46. The molecule has 2 rings (SSSR count). The maximum Gasteiger partial charge on any atom is 0.224 e. The molecule has 3 nitrogen and oxygen atoms in total. The Hall–Kier alpha value is -2.03. The van der Waals surface area contributed by atoms with E-state index in [1.165, 1.54) is 0 Å². The van der Waals surface area contributed by atoms with Crippen LogP contribution in [0.25, 0.3) is 10.8 Å². The number of hydrogen-bond donors (Lipinski definition) is 2. The van der Waals surface area contributed by atoms with Crippen molar-refractivity contribution in [1.29, 1.82) is 0 Å². The highest BCUT2D eigenvalue weighted by molar-refractivity contribution is 5.95. The number of carbonyl (C=O) groups is 1. The van der Waals surface area contributed by atoms with E-state index in [4.69, 9.17) is 0 Å². The molecule has 0 aromatic heterocycles. The summed E-state index contributed by atoms with van der Waals surface area (Å²) in [6, 6.07) is 10.8. The van der Waals surface area contributed by atoms with Gasteiger partial charge in [0.2, 0.25) is 5.91 Å². The van der Waals surface area contributed by atoms with Crippen molar-refractivity contribution in [3.8, 4) is 5.75 Å². The van der Waals surface area contributed by atoms with Crippen LogP contribution < -0.4 is 5.32 Å². The lowest BCUT2D eigenvalue weighted by Gasteiger charge is -2.06. The molecule has 0 unspecified atom stereocenters. The molecule has 0 aliphatic heterocycles. The molecule has 2 aromatic carbocycles. The third-order valence-corrected chi connectivity index (χ3v) is 2.46. The predicted molar refractivity (Wildman–Crippen MR) is 64.5 cm³/mol. The van der Waals surface area contributed by atoms with E-state index in [1.807, 2.05) is 19.1 Å². The van der Waals surface area contributed by atoms with Gasteiger partial charge < -0.3 is 10.4 Å². The second kappa shape index (κ2) is 4.23. The van der Waals surface area contributed by atoms with E-state index in [1.54, 1.807) is 24.3 Å². The minimum atomic E-state index is -0.0143. The van der Waals surface area contributed by atoms with Gasteiger partial charge in [-0.2, -0.15) is 0 Å². The fourth-order valence-corrected chi connectivity index (χ4v) is 1.59. The number of nitrogens with one attached hydrogen (secondary N) is 1. The largest absolute Gasteiger partial charge is 0.507 e. The standard InChI is InChI=1S/C13H13NO2/c1-2-13(16)14-10-6-7-11-9(8-10)4-3-5-12(11)15/h3-8,15H,2H2,1H3,(H,14,16). The molecule has 0 saturated heterocycles. The summed E-state index contributed by atoms with van der Waals surface area (Å²) < 4.78 is 0. The Bertz CT molecular complexity index is 534. The second-order valence-electron chi connectivity index (χ2n) is 3.61. The maximum atomic E-state index is 11.2. The van der Waals surface area contributed by atoms with Crippen LogP contribution in [-0.4, -0.2) is 11.0 Å². The minimum Gasteiger partial charge on any atom is -0.507 e. The van der Waals surface area contributed by atoms with E-state index in [9.17, 15) is 9.90 Å². The van der Waals surface area contributed by atoms with Crippen LogP contribution in [0.2, 0.25) is 0 Å². The van der Waals surface area contributed by atoms with Gasteiger partial charge in [-0.3, -0.25) is 4.79 Å². The van der Waals surface area contributed by atoms with E-state index >= 15 is 0 Å². The van der Waals surface area contributed by atoms with Gasteiger partial charge in [0.1, 0.15) is 5.75 Å². The monoisotopic (exact) mass is 215 g/mol. The van der Waals surface area contributed by atoms with Crippen molar-refractivity contribution in [3.63, 3.8) is 0 Å². The highest BCUT2D eigenvalue weighted by Gasteiger charge is 2.02. The normalized spacial score (nSPS) is 10.3. The van der Waals surface area contributed by atoms with Gasteiger partial charge in [0.05, 0.1) is 0 Å². The molecule has 0 spiro atoms. The number of rotatable bonds is 2. The number of hydrogen-bond acceptors (Lipinski definition) is 2. The quantitative estimate of drug-likeness (QED) is 0.809. The molecule has 0 fully saturated rings. The van der Waals surface area contributed by atoms with E-state index in [2.05, 4.69) is 5.32 Å². The van der Waals surface area contributed by atoms with Crippen molar-refractivity contribution in [2.24, 2.45) is 0 Å². The van der Waals surface area contributed by atoms with E-state index < -0.39 is 0 Å². The first-order valence-electron chi connectivity index (χ1n) is 5.22. The number of carbonyl (C=O) groups excluding carboxylic acids is 1. The van der Waals surface area contributed by atoms with Crippen molar-refractivity contribution in [2.75, 3.05) is 5.32 Å². The van der Waals surface area contributed by atoms with E-state index in [0.29, 0.717) is 6.42 Å². The van der Waals surface area contributed by atoms with Crippen LogP contribution in [0.4, 0.5) is 5.69 Å². The molecule has 2 aromatic rings. The number of amides is 1. The SMILES string of the molecule is CCC(=O)Nc1ccc2c(O)cccc2c1. The highest BCUT2D eigenvalue weighted by atomic mass is 16.3. The van der Waals surface area contributed by atoms with Crippen LogP contribution in [0.5, 0.6) is 5.75 Å². The number of benzene rings is 2. The van der Waals surface area contributed by atoms with Crippen molar-refractivity contribution < 1.29 is 9.90 Å². The minimum absolute atomic E-state index is 0.0143. The zero-order chi connectivity index (χ0) is 11.5. The first kappa shape index (κ1) is 10.5. The average molecular weight is 215 g/mol. The number of fused-ring (bicyclic) bond motifs is 1. The van der Waals surface area contributed by atoms with Gasteiger partial charge in [0.25, 0.3) is 0 Å². The third kappa shape index (κ3) is 1.98. The first-order valence-corrected chi connectivity index (χ1v) is 5.22. The fraction of sp³-hybridized carbons (Fsp3) is 0.154. The Morgan fingerprint density at radius 1 is 1.31 bits per heavy atom. The summed E-state index contributed by atoms with van der Waals surface area (Å²) in [5, 5.41) is 14.1. The summed E-state index contributed by atoms with van der Waals surface area (Å²) in [4.78, 5) is 11.2. The Morgan fingerprint density at radius 2 is 2.12 bits per heavy atom. The van der Waals surface area contributed by atoms with Crippen LogP contribution in [0.1, 0.15) is 13.3 Å². The second-order valence-corrected chi connectivity index (χ2v) is 3.61. The summed E-state index contributed by atoms with van der Waals surface area (Å²) in [6.45, 7) is 1.81.